The van der Waals surface area contributed by atoms with Crippen molar-refractivity contribution in [2.45, 2.75) is 35.9 Å². The third-order valence-corrected chi connectivity index (χ3v) is 7.42. The van der Waals surface area contributed by atoms with Gasteiger partial charge in [-0.1, -0.05) is 0 Å². The molecule has 1 heterocycles. The Bertz CT molecular complexity index is 679. The molecule has 128 valence electrons. The van der Waals surface area contributed by atoms with Crippen molar-refractivity contribution in [3.8, 4) is 0 Å². The highest BCUT2D eigenvalue weighted by molar-refractivity contribution is 7.91. The number of sulfonamides is 1. The zero-order chi connectivity index (χ0) is 16.6. The van der Waals surface area contributed by atoms with Gasteiger partial charge in [0.05, 0.1) is 6.61 Å². The molecule has 0 bridgehead atoms. The van der Waals surface area contributed by atoms with Crippen LogP contribution >= 0.6 is 11.3 Å². The van der Waals surface area contributed by atoms with Gasteiger partial charge >= 0.3 is 0 Å². The molecule has 0 atom stereocenters. The fourth-order valence-corrected chi connectivity index (χ4v) is 5.34. The molecule has 1 N–H and O–H groups in total. The number of carbonyl (C=O) groups is 1. The van der Waals surface area contributed by atoms with E-state index in [1.165, 1.54) is 23.5 Å². The van der Waals surface area contributed by atoms with Crippen molar-refractivity contribution < 1.29 is 23.2 Å². The Hall–Kier alpha value is -1.00. The summed E-state index contributed by atoms with van der Waals surface area (Å²) in [7, 11) is -2.09. The maximum atomic E-state index is 12.8. The molecule has 2 fully saturated rings. The minimum absolute atomic E-state index is 0.0269. The molecule has 0 unspecified atom stereocenters. The zero-order valence-corrected chi connectivity index (χ0v) is 14.5. The quantitative estimate of drug-likeness (QED) is 0.563. The number of rotatable bonds is 8. The van der Waals surface area contributed by atoms with Crippen LogP contribution in [-0.4, -0.2) is 50.1 Å². The third-order valence-electron chi connectivity index (χ3n) is 3.94. The van der Waals surface area contributed by atoms with Gasteiger partial charge in [0.25, 0.3) is 15.9 Å². The number of amides is 1. The number of anilines is 1. The molecule has 0 aliphatic heterocycles. The molecule has 2 saturated carbocycles. The van der Waals surface area contributed by atoms with E-state index in [0.717, 1.165) is 37.0 Å². The van der Waals surface area contributed by atoms with Gasteiger partial charge < -0.3 is 4.74 Å². The zero-order valence-electron chi connectivity index (χ0n) is 12.8. The molecular formula is C14H20N2O5S2. The maximum absolute atomic E-state index is 12.8. The Morgan fingerprint density at radius 1 is 1.35 bits per heavy atom. The van der Waals surface area contributed by atoms with E-state index >= 15 is 0 Å². The van der Waals surface area contributed by atoms with Gasteiger partial charge in [0, 0.05) is 25.6 Å². The minimum atomic E-state index is -3.63. The van der Waals surface area contributed by atoms with Crippen molar-refractivity contribution in [2.75, 3.05) is 25.3 Å². The lowest BCUT2D eigenvalue weighted by Crippen LogP contribution is -2.35. The number of nitrogens with zero attached hydrogens (tertiary/aromatic N) is 2. The predicted octanol–water partition coefficient (Wildman–Crippen LogP) is 1.68. The SMILES string of the molecule is COCCN(C1CC1)S(=O)(=O)c1ccc(N(O)C(=O)C2CC2)s1. The lowest BCUT2D eigenvalue weighted by Gasteiger charge is -2.20. The fourth-order valence-electron chi connectivity index (χ4n) is 2.33. The number of hydroxylamine groups is 1. The fraction of sp³-hybridized carbons (Fsp3) is 0.643. The van der Waals surface area contributed by atoms with E-state index in [1.807, 2.05) is 0 Å². The van der Waals surface area contributed by atoms with Crippen molar-refractivity contribution in [1.82, 2.24) is 4.31 Å². The Balaban J connectivity index is 1.78. The first-order valence-electron chi connectivity index (χ1n) is 7.58. The molecule has 3 rings (SSSR count). The molecule has 0 spiro atoms. The predicted molar refractivity (Wildman–Crippen MR) is 85.1 cm³/mol. The van der Waals surface area contributed by atoms with Crippen molar-refractivity contribution in [3.63, 3.8) is 0 Å². The average Bonchev–Trinajstić information content (AvgIpc) is 3.45. The molecule has 2 aliphatic carbocycles. The smallest absolute Gasteiger partial charge is 0.254 e. The summed E-state index contributed by atoms with van der Waals surface area (Å²) >= 11 is 0.913. The number of hydrogen-bond donors (Lipinski definition) is 1. The molecule has 2 aliphatic rings. The largest absolute Gasteiger partial charge is 0.383 e. The molecular weight excluding hydrogens is 340 g/mol. The van der Waals surface area contributed by atoms with Crippen LogP contribution in [0.15, 0.2) is 16.3 Å². The van der Waals surface area contributed by atoms with E-state index in [9.17, 15) is 18.4 Å². The van der Waals surface area contributed by atoms with Crippen molar-refractivity contribution >= 4 is 32.3 Å². The first-order chi connectivity index (χ1) is 10.9. The van der Waals surface area contributed by atoms with E-state index < -0.39 is 10.0 Å². The lowest BCUT2D eigenvalue weighted by atomic mass is 10.4. The third kappa shape index (κ3) is 3.58. The number of hydrogen-bond acceptors (Lipinski definition) is 6. The van der Waals surface area contributed by atoms with Crippen LogP contribution in [0.2, 0.25) is 0 Å². The molecule has 0 radical (unpaired) electrons. The molecule has 7 nitrogen and oxygen atoms in total. The van der Waals surface area contributed by atoms with Crippen LogP contribution < -0.4 is 5.06 Å². The van der Waals surface area contributed by atoms with Crippen LogP contribution in [0, 0.1) is 5.92 Å². The second-order valence-corrected chi connectivity index (χ2v) is 9.04. The molecule has 1 amide bonds. The highest BCUT2D eigenvalue weighted by Gasteiger charge is 2.39. The average molecular weight is 360 g/mol. The minimum Gasteiger partial charge on any atom is -0.383 e. The maximum Gasteiger partial charge on any atom is 0.254 e. The Morgan fingerprint density at radius 2 is 2.04 bits per heavy atom. The summed E-state index contributed by atoms with van der Waals surface area (Å²) in [5, 5.41) is 10.8. The molecule has 9 heteroatoms. The topological polar surface area (TPSA) is 87.2 Å². The van der Waals surface area contributed by atoms with Crippen LogP contribution in [0.3, 0.4) is 0 Å². The van der Waals surface area contributed by atoms with E-state index in [2.05, 4.69) is 0 Å². The van der Waals surface area contributed by atoms with Crippen LogP contribution in [0.5, 0.6) is 0 Å². The monoisotopic (exact) mass is 360 g/mol. The van der Waals surface area contributed by atoms with E-state index in [0.29, 0.717) is 18.2 Å². The molecule has 1 aromatic rings. The summed E-state index contributed by atoms with van der Waals surface area (Å²) in [5.74, 6) is -0.499. The van der Waals surface area contributed by atoms with Gasteiger partial charge in [-0.3, -0.25) is 10.0 Å². The Morgan fingerprint density at radius 3 is 2.61 bits per heavy atom. The Kier molecular flexibility index (Phi) is 4.75. The van der Waals surface area contributed by atoms with Gasteiger partial charge in [-0.25, -0.2) is 8.42 Å². The van der Waals surface area contributed by atoms with Crippen LogP contribution in [0.1, 0.15) is 25.7 Å². The molecule has 1 aromatic heterocycles. The van der Waals surface area contributed by atoms with Crippen LogP contribution in [0.4, 0.5) is 5.00 Å². The summed E-state index contributed by atoms with van der Waals surface area (Å²) in [6.45, 7) is 0.640. The van der Waals surface area contributed by atoms with E-state index in [4.69, 9.17) is 4.74 Å². The van der Waals surface area contributed by atoms with Crippen LogP contribution in [0.25, 0.3) is 0 Å². The number of ether oxygens (including phenoxy) is 1. The van der Waals surface area contributed by atoms with Gasteiger partial charge in [0.2, 0.25) is 0 Å². The standard InChI is InChI=1S/C14H20N2O5S2/c1-21-9-8-15(11-4-5-11)23(19,20)13-7-6-12(22-13)16(18)14(17)10-2-3-10/h6-7,10-11,18H,2-5,8-9H2,1H3. The lowest BCUT2D eigenvalue weighted by molar-refractivity contribution is -0.124. The molecule has 0 aromatic carbocycles. The number of methoxy groups -OCH3 is 1. The summed E-state index contributed by atoms with van der Waals surface area (Å²) in [5.41, 5.74) is 0. The summed E-state index contributed by atoms with van der Waals surface area (Å²) < 4.78 is 32.1. The van der Waals surface area contributed by atoms with Crippen molar-refractivity contribution in [2.24, 2.45) is 5.92 Å². The van der Waals surface area contributed by atoms with Gasteiger partial charge in [0.15, 0.2) is 0 Å². The van der Waals surface area contributed by atoms with Gasteiger partial charge in [-0.2, -0.15) is 9.37 Å². The van der Waals surface area contributed by atoms with Gasteiger partial charge in [-0.15, -0.1) is 11.3 Å². The van der Waals surface area contributed by atoms with Crippen molar-refractivity contribution in [3.05, 3.63) is 12.1 Å². The normalized spacial score (nSPS) is 18.4. The van der Waals surface area contributed by atoms with Crippen molar-refractivity contribution in [1.29, 1.82) is 0 Å². The van der Waals surface area contributed by atoms with Gasteiger partial charge in [0.1, 0.15) is 9.21 Å². The van der Waals surface area contributed by atoms with Gasteiger partial charge in [-0.05, 0) is 37.8 Å². The van der Waals surface area contributed by atoms with E-state index in [1.54, 1.807) is 0 Å². The first-order valence-corrected chi connectivity index (χ1v) is 9.84. The summed E-state index contributed by atoms with van der Waals surface area (Å²) in [6, 6.07) is 2.94. The second kappa shape index (κ2) is 6.48. The second-order valence-electron chi connectivity index (χ2n) is 5.86. The highest BCUT2D eigenvalue weighted by Crippen LogP contribution is 2.38. The molecule has 0 saturated heterocycles. The highest BCUT2D eigenvalue weighted by atomic mass is 32.2. The summed E-state index contributed by atoms with van der Waals surface area (Å²) in [6.07, 6.45) is 3.26. The number of carbonyl (C=O) groups excluding carboxylic acids is 1. The summed E-state index contributed by atoms with van der Waals surface area (Å²) in [4.78, 5) is 11.9. The Labute approximate surface area is 139 Å². The number of thiophene rings is 1. The van der Waals surface area contributed by atoms with Crippen LogP contribution in [-0.2, 0) is 19.6 Å². The van der Waals surface area contributed by atoms with E-state index in [-0.39, 0.29) is 27.1 Å². The first kappa shape index (κ1) is 16.8. The molecule has 23 heavy (non-hydrogen) atoms.